The van der Waals surface area contributed by atoms with Gasteiger partial charge in [-0.3, -0.25) is 4.79 Å². The lowest BCUT2D eigenvalue weighted by molar-refractivity contribution is 0.112. The van der Waals surface area contributed by atoms with Crippen molar-refractivity contribution >= 4 is 6.29 Å². The first-order chi connectivity index (χ1) is 6.43. The van der Waals surface area contributed by atoms with Crippen molar-refractivity contribution in [2.24, 2.45) is 0 Å². The summed E-state index contributed by atoms with van der Waals surface area (Å²) in [7, 11) is 0. The van der Waals surface area contributed by atoms with Crippen LogP contribution in [0.25, 0.3) is 0 Å². The van der Waals surface area contributed by atoms with Crippen LogP contribution in [0, 0.1) is 0 Å². The lowest BCUT2D eigenvalue weighted by Gasteiger charge is -1.81. The monoisotopic (exact) mass is 173 g/mol. The van der Waals surface area contributed by atoms with E-state index >= 15 is 0 Å². The number of nitrogens with one attached hydrogen (secondary N) is 1. The van der Waals surface area contributed by atoms with Crippen molar-refractivity contribution in [2.75, 3.05) is 0 Å². The van der Waals surface area contributed by atoms with Gasteiger partial charge in [0.15, 0.2) is 0 Å². The Balaban J connectivity index is 0.000000145. The molecule has 0 unspecified atom stereocenters. The second kappa shape index (κ2) is 5.77. The highest BCUT2D eigenvalue weighted by Crippen LogP contribution is 1.91. The van der Waals surface area contributed by atoms with Crippen LogP contribution in [0.4, 0.5) is 0 Å². The van der Waals surface area contributed by atoms with Gasteiger partial charge >= 0.3 is 0 Å². The van der Waals surface area contributed by atoms with E-state index in [1.54, 1.807) is 12.1 Å². The molecule has 0 bridgehead atoms. The zero-order valence-electron chi connectivity index (χ0n) is 7.18. The van der Waals surface area contributed by atoms with Gasteiger partial charge in [-0.25, -0.2) is 0 Å². The molecular weight excluding hydrogens is 162 g/mol. The minimum atomic E-state index is 0.729. The van der Waals surface area contributed by atoms with Crippen molar-refractivity contribution in [3.8, 4) is 0 Å². The van der Waals surface area contributed by atoms with Gasteiger partial charge in [-0.2, -0.15) is 0 Å². The van der Waals surface area contributed by atoms with Gasteiger partial charge in [0.25, 0.3) is 0 Å². The maximum absolute atomic E-state index is 10.0. The van der Waals surface area contributed by atoms with Gasteiger partial charge in [0.1, 0.15) is 6.29 Å². The van der Waals surface area contributed by atoms with Gasteiger partial charge in [-0.15, -0.1) is 0 Å². The minimum absolute atomic E-state index is 0.729. The molecule has 1 aromatic carbocycles. The van der Waals surface area contributed by atoms with Crippen LogP contribution in [0.1, 0.15) is 10.4 Å². The van der Waals surface area contributed by atoms with Crippen molar-refractivity contribution in [1.82, 2.24) is 4.98 Å². The standard InChI is InChI=1S/C7H6O.C4H5N/c8-6-7-4-2-1-3-5-7;1-2-4-5-3-1/h1-6H;1-5H. The van der Waals surface area contributed by atoms with E-state index in [0.29, 0.717) is 0 Å². The number of carbonyl (C=O) groups excluding carboxylic acids is 1. The average molecular weight is 173 g/mol. The molecule has 1 heterocycles. The Labute approximate surface area is 77.2 Å². The number of benzene rings is 1. The van der Waals surface area contributed by atoms with E-state index < -0.39 is 0 Å². The van der Waals surface area contributed by atoms with Crippen LogP contribution in [0.5, 0.6) is 0 Å². The SMILES string of the molecule is O=Cc1ccccc1.c1cc[nH]c1. The Bertz CT molecular complexity index is 296. The molecular formula is C11H11NO. The summed E-state index contributed by atoms with van der Waals surface area (Å²) in [6.45, 7) is 0. The predicted molar refractivity (Wildman–Crippen MR) is 52.6 cm³/mol. The number of hydrogen-bond donors (Lipinski definition) is 1. The number of aromatic nitrogens is 1. The van der Waals surface area contributed by atoms with Gasteiger partial charge in [0.2, 0.25) is 0 Å². The molecule has 0 aliphatic carbocycles. The molecule has 0 spiro atoms. The van der Waals surface area contributed by atoms with Crippen LogP contribution in [0.15, 0.2) is 54.9 Å². The van der Waals surface area contributed by atoms with Crippen LogP contribution in [0.3, 0.4) is 0 Å². The molecule has 0 radical (unpaired) electrons. The average Bonchev–Trinajstić information content (AvgIpc) is 2.77. The molecule has 2 heteroatoms. The fourth-order valence-electron chi connectivity index (χ4n) is 0.809. The lowest BCUT2D eigenvalue weighted by Crippen LogP contribution is -1.73. The highest BCUT2D eigenvalue weighted by atomic mass is 16.1. The summed E-state index contributed by atoms with van der Waals surface area (Å²) in [5.74, 6) is 0. The van der Waals surface area contributed by atoms with Crippen LogP contribution in [-0.4, -0.2) is 11.3 Å². The zero-order chi connectivity index (χ0) is 9.36. The quantitative estimate of drug-likeness (QED) is 0.660. The molecule has 66 valence electrons. The van der Waals surface area contributed by atoms with Gasteiger partial charge in [0, 0.05) is 18.0 Å². The second-order valence-electron chi connectivity index (χ2n) is 2.41. The summed E-state index contributed by atoms with van der Waals surface area (Å²) in [5, 5.41) is 0. The predicted octanol–water partition coefficient (Wildman–Crippen LogP) is 2.51. The van der Waals surface area contributed by atoms with E-state index in [1.807, 2.05) is 42.7 Å². The van der Waals surface area contributed by atoms with E-state index in [2.05, 4.69) is 4.98 Å². The summed E-state index contributed by atoms with van der Waals surface area (Å²) >= 11 is 0. The van der Waals surface area contributed by atoms with Gasteiger partial charge < -0.3 is 4.98 Å². The summed E-state index contributed by atoms with van der Waals surface area (Å²) < 4.78 is 0. The molecule has 0 saturated carbocycles. The molecule has 13 heavy (non-hydrogen) atoms. The number of hydrogen-bond acceptors (Lipinski definition) is 1. The fourth-order valence-corrected chi connectivity index (χ4v) is 0.809. The maximum atomic E-state index is 10.0. The lowest BCUT2D eigenvalue weighted by atomic mass is 10.2. The highest BCUT2D eigenvalue weighted by molar-refractivity contribution is 5.74. The number of aromatic amines is 1. The molecule has 2 rings (SSSR count). The van der Waals surface area contributed by atoms with Gasteiger partial charge in [-0.05, 0) is 12.1 Å². The molecule has 0 aliphatic heterocycles. The molecule has 2 nitrogen and oxygen atoms in total. The molecule has 1 aromatic heterocycles. The Morgan fingerprint density at radius 1 is 0.923 bits per heavy atom. The van der Waals surface area contributed by atoms with E-state index in [0.717, 1.165) is 11.8 Å². The Hall–Kier alpha value is -1.83. The molecule has 0 atom stereocenters. The second-order valence-corrected chi connectivity index (χ2v) is 2.41. The third-order valence-corrected chi connectivity index (χ3v) is 1.43. The van der Waals surface area contributed by atoms with Gasteiger partial charge in [-0.1, -0.05) is 30.3 Å². The van der Waals surface area contributed by atoms with E-state index in [-0.39, 0.29) is 0 Å². The normalized spacial score (nSPS) is 8.31. The van der Waals surface area contributed by atoms with Crippen LogP contribution < -0.4 is 0 Å². The first-order valence-electron chi connectivity index (χ1n) is 4.01. The minimum Gasteiger partial charge on any atom is -0.368 e. The van der Waals surface area contributed by atoms with Crippen molar-refractivity contribution in [3.63, 3.8) is 0 Å². The van der Waals surface area contributed by atoms with E-state index in [9.17, 15) is 4.79 Å². The Morgan fingerprint density at radius 2 is 1.54 bits per heavy atom. The highest BCUT2D eigenvalue weighted by Gasteiger charge is 1.79. The molecule has 2 aromatic rings. The first-order valence-corrected chi connectivity index (χ1v) is 4.01. The van der Waals surface area contributed by atoms with Gasteiger partial charge in [0.05, 0.1) is 0 Å². The van der Waals surface area contributed by atoms with Crippen LogP contribution >= 0.6 is 0 Å². The zero-order valence-corrected chi connectivity index (χ0v) is 7.18. The molecule has 0 fully saturated rings. The topological polar surface area (TPSA) is 32.9 Å². The maximum Gasteiger partial charge on any atom is 0.150 e. The first kappa shape index (κ1) is 9.26. The Morgan fingerprint density at radius 3 is 1.85 bits per heavy atom. The summed E-state index contributed by atoms with van der Waals surface area (Å²) in [6.07, 6.45) is 4.58. The van der Waals surface area contributed by atoms with Crippen molar-refractivity contribution in [3.05, 3.63) is 60.4 Å². The molecule has 0 aliphatic rings. The molecule has 1 N–H and O–H groups in total. The van der Waals surface area contributed by atoms with E-state index in [4.69, 9.17) is 0 Å². The number of aldehydes is 1. The largest absolute Gasteiger partial charge is 0.368 e. The molecule has 0 amide bonds. The van der Waals surface area contributed by atoms with E-state index in [1.165, 1.54) is 0 Å². The van der Waals surface area contributed by atoms with Crippen LogP contribution in [-0.2, 0) is 0 Å². The summed E-state index contributed by atoms with van der Waals surface area (Å²) in [4.78, 5) is 12.9. The third-order valence-electron chi connectivity index (χ3n) is 1.43. The Kier molecular flexibility index (Phi) is 4.11. The molecule has 0 saturated heterocycles. The van der Waals surface area contributed by atoms with Crippen molar-refractivity contribution in [1.29, 1.82) is 0 Å². The summed E-state index contributed by atoms with van der Waals surface area (Å²) in [5.41, 5.74) is 0.729. The van der Waals surface area contributed by atoms with Crippen molar-refractivity contribution < 1.29 is 4.79 Å². The third kappa shape index (κ3) is 3.91. The number of H-pyrrole nitrogens is 1. The number of rotatable bonds is 1. The van der Waals surface area contributed by atoms with Crippen LogP contribution in [0.2, 0.25) is 0 Å². The fraction of sp³-hybridized carbons (Fsp3) is 0. The van der Waals surface area contributed by atoms with Crippen molar-refractivity contribution in [2.45, 2.75) is 0 Å². The summed E-state index contributed by atoms with van der Waals surface area (Å²) in [6, 6.07) is 13.0. The smallest absolute Gasteiger partial charge is 0.150 e. The number of carbonyl (C=O) groups is 1.